The number of hydrogen-bond acceptors (Lipinski definition) is 4. The van der Waals surface area contributed by atoms with Crippen molar-refractivity contribution in [1.82, 2.24) is 15.8 Å². The fourth-order valence-electron chi connectivity index (χ4n) is 2.63. The van der Waals surface area contributed by atoms with E-state index in [4.69, 9.17) is 4.52 Å². The zero-order chi connectivity index (χ0) is 16.1. The van der Waals surface area contributed by atoms with Crippen molar-refractivity contribution in [1.29, 1.82) is 0 Å². The minimum absolute atomic E-state index is 0. The molecule has 128 valence electrons. The number of nitrogens with one attached hydrogen (secondary N) is 3. The first kappa shape index (κ1) is 18.2. The smallest absolute Gasteiger partial charge is 0.225 e. The topological polar surface area (TPSA) is 91.6 Å². The van der Waals surface area contributed by atoms with Crippen molar-refractivity contribution in [2.24, 2.45) is 4.99 Å². The molecule has 0 spiro atoms. The first-order valence-electron chi connectivity index (χ1n) is 7.49. The molecule has 0 aliphatic carbocycles. The van der Waals surface area contributed by atoms with Gasteiger partial charge in [0.05, 0.1) is 6.54 Å². The SMILES string of the molecule is CN=C(NCc1ccon1)NCC1CC(=O)Nc2ccccc21.I. The van der Waals surface area contributed by atoms with Crippen LogP contribution in [0.25, 0.3) is 0 Å². The summed E-state index contributed by atoms with van der Waals surface area (Å²) in [4.78, 5) is 16.0. The molecule has 24 heavy (non-hydrogen) atoms. The number of hydrogen-bond donors (Lipinski definition) is 3. The number of para-hydroxylation sites is 1. The zero-order valence-corrected chi connectivity index (χ0v) is 15.6. The van der Waals surface area contributed by atoms with Gasteiger partial charge in [0.15, 0.2) is 5.96 Å². The number of aromatic nitrogens is 1. The van der Waals surface area contributed by atoms with Crippen molar-refractivity contribution in [2.45, 2.75) is 18.9 Å². The highest BCUT2D eigenvalue weighted by Crippen LogP contribution is 2.31. The molecule has 0 fully saturated rings. The average Bonchev–Trinajstić information content (AvgIpc) is 3.08. The molecule has 0 bridgehead atoms. The molecule has 1 amide bonds. The number of carbonyl (C=O) groups is 1. The van der Waals surface area contributed by atoms with Gasteiger partial charge in [-0.2, -0.15) is 0 Å². The van der Waals surface area contributed by atoms with Crippen LogP contribution in [-0.4, -0.2) is 30.6 Å². The lowest BCUT2D eigenvalue weighted by molar-refractivity contribution is -0.116. The Morgan fingerprint density at radius 3 is 2.96 bits per heavy atom. The summed E-state index contributed by atoms with van der Waals surface area (Å²) in [5, 5.41) is 13.2. The molecule has 0 saturated heterocycles. The summed E-state index contributed by atoms with van der Waals surface area (Å²) in [7, 11) is 1.71. The van der Waals surface area contributed by atoms with Crippen LogP contribution in [0.5, 0.6) is 0 Å². The van der Waals surface area contributed by atoms with E-state index in [0.29, 0.717) is 25.5 Å². The number of rotatable bonds is 4. The number of benzene rings is 1. The summed E-state index contributed by atoms with van der Waals surface area (Å²) in [6, 6.07) is 9.68. The number of halogens is 1. The number of carbonyl (C=O) groups excluding carboxylic acids is 1. The summed E-state index contributed by atoms with van der Waals surface area (Å²) in [6.45, 7) is 1.15. The van der Waals surface area contributed by atoms with E-state index in [1.54, 1.807) is 13.1 Å². The molecule has 3 rings (SSSR count). The second kappa shape index (κ2) is 8.67. The van der Waals surface area contributed by atoms with Gasteiger partial charge in [0.25, 0.3) is 0 Å². The molecule has 8 heteroatoms. The maximum atomic E-state index is 11.8. The lowest BCUT2D eigenvalue weighted by Gasteiger charge is -2.26. The van der Waals surface area contributed by atoms with E-state index < -0.39 is 0 Å². The standard InChI is InChI=1S/C16H19N5O2.HI/c1-17-16(19-10-12-6-7-23-21-12)18-9-11-8-15(22)20-14-5-3-2-4-13(11)14;/h2-7,11H,8-10H2,1H3,(H,20,22)(H2,17,18,19);1H. The molecule has 1 unspecified atom stereocenters. The molecular weight excluding hydrogens is 421 g/mol. The average molecular weight is 441 g/mol. The maximum absolute atomic E-state index is 11.8. The van der Waals surface area contributed by atoms with Crippen molar-refractivity contribution < 1.29 is 9.32 Å². The number of aliphatic imine (C=N–C) groups is 1. The van der Waals surface area contributed by atoms with Crippen molar-refractivity contribution in [2.75, 3.05) is 18.9 Å². The van der Waals surface area contributed by atoms with Crippen molar-refractivity contribution in [3.8, 4) is 0 Å². The lowest BCUT2D eigenvalue weighted by atomic mass is 9.90. The Labute approximate surface area is 157 Å². The number of anilines is 1. The molecule has 1 aliphatic rings. The molecule has 3 N–H and O–H groups in total. The van der Waals surface area contributed by atoms with Crippen LogP contribution in [0, 0.1) is 0 Å². The van der Waals surface area contributed by atoms with Crippen molar-refractivity contribution >= 4 is 41.5 Å². The van der Waals surface area contributed by atoms with E-state index in [0.717, 1.165) is 16.9 Å². The molecule has 2 aromatic rings. The molecule has 0 radical (unpaired) electrons. The Bertz CT molecular complexity index is 702. The fourth-order valence-corrected chi connectivity index (χ4v) is 2.63. The number of guanidine groups is 1. The van der Waals surface area contributed by atoms with E-state index >= 15 is 0 Å². The van der Waals surface area contributed by atoms with Crippen LogP contribution in [0.2, 0.25) is 0 Å². The Morgan fingerprint density at radius 2 is 2.21 bits per heavy atom. The van der Waals surface area contributed by atoms with Crippen LogP contribution in [0.4, 0.5) is 5.69 Å². The Hall–Kier alpha value is -2.10. The number of amides is 1. The Balaban J connectivity index is 0.00000208. The highest BCUT2D eigenvalue weighted by Gasteiger charge is 2.24. The van der Waals surface area contributed by atoms with Crippen LogP contribution in [0.1, 0.15) is 23.6 Å². The van der Waals surface area contributed by atoms with E-state index in [2.05, 4.69) is 26.1 Å². The summed E-state index contributed by atoms with van der Waals surface area (Å²) in [5.74, 6) is 0.822. The third-order valence-electron chi connectivity index (χ3n) is 3.77. The fraction of sp³-hybridized carbons (Fsp3) is 0.312. The monoisotopic (exact) mass is 441 g/mol. The molecule has 2 heterocycles. The molecule has 1 atom stereocenters. The quantitative estimate of drug-likeness (QED) is 0.384. The zero-order valence-electron chi connectivity index (χ0n) is 13.3. The normalized spacial score (nSPS) is 16.6. The predicted octanol–water partition coefficient (Wildman–Crippen LogP) is 2.08. The minimum atomic E-state index is 0. The highest BCUT2D eigenvalue weighted by molar-refractivity contribution is 14.0. The van der Waals surface area contributed by atoms with Gasteiger partial charge in [0.2, 0.25) is 5.91 Å². The van der Waals surface area contributed by atoms with Crippen LogP contribution in [0.15, 0.2) is 46.1 Å². The third-order valence-corrected chi connectivity index (χ3v) is 3.77. The molecule has 1 aromatic heterocycles. The van der Waals surface area contributed by atoms with Gasteiger partial charge >= 0.3 is 0 Å². The Kier molecular flexibility index (Phi) is 6.59. The van der Waals surface area contributed by atoms with E-state index in [9.17, 15) is 4.79 Å². The first-order chi connectivity index (χ1) is 11.3. The van der Waals surface area contributed by atoms with Gasteiger partial charge in [0.1, 0.15) is 12.0 Å². The van der Waals surface area contributed by atoms with E-state index in [-0.39, 0.29) is 35.8 Å². The molecule has 0 saturated carbocycles. The van der Waals surface area contributed by atoms with Crippen molar-refractivity contribution in [3.63, 3.8) is 0 Å². The first-order valence-corrected chi connectivity index (χ1v) is 7.49. The van der Waals surface area contributed by atoms with Gasteiger partial charge in [-0.3, -0.25) is 9.79 Å². The molecule has 1 aromatic carbocycles. The summed E-state index contributed by atoms with van der Waals surface area (Å²) in [5.41, 5.74) is 2.84. The van der Waals surface area contributed by atoms with Gasteiger partial charge in [-0.25, -0.2) is 0 Å². The number of nitrogens with zero attached hydrogens (tertiary/aromatic N) is 2. The number of fused-ring (bicyclic) bond motifs is 1. The second-order valence-corrected chi connectivity index (χ2v) is 5.33. The Morgan fingerprint density at radius 1 is 1.38 bits per heavy atom. The minimum Gasteiger partial charge on any atom is -0.364 e. The van der Waals surface area contributed by atoms with Gasteiger partial charge < -0.3 is 20.5 Å². The van der Waals surface area contributed by atoms with Crippen LogP contribution in [0.3, 0.4) is 0 Å². The maximum Gasteiger partial charge on any atom is 0.225 e. The van der Waals surface area contributed by atoms with Gasteiger partial charge in [-0.1, -0.05) is 23.4 Å². The summed E-state index contributed by atoms with van der Waals surface area (Å²) in [6.07, 6.45) is 2.00. The molecule has 7 nitrogen and oxygen atoms in total. The predicted molar refractivity (Wildman–Crippen MR) is 103 cm³/mol. The summed E-state index contributed by atoms with van der Waals surface area (Å²) >= 11 is 0. The van der Waals surface area contributed by atoms with Crippen LogP contribution >= 0.6 is 24.0 Å². The van der Waals surface area contributed by atoms with Crippen molar-refractivity contribution in [3.05, 3.63) is 47.9 Å². The summed E-state index contributed by atoms with van der Waals surface area (Å²) < 4.78 is 4.79. The van der Waals surface area contributed by atoms with Gasteiger partial charge in [0, 0.05) is 37.7 Å². The van der Waals surface area contributed by atoms with Crippen LogP contribution in [-0.2, 0) is 11.3 Å². The molecular formula is C16H20IN5O2. The van der Waals surface area contributed by atoms with Gasteiger partial charge in [-0.05, 0) is 11.6 Å². The molecule has 1 aliphatic heterocycles. The van der Waals surface area contributed by atoms with E-state index in [1.165, 1.54) is 6.26 Å². The highest BCUT2D eigenvalue weighted by atomic mass is 127. The van der Waals surface area contributed by atoms with E-state index in [1.807, 2.05) is 24.3 Å². The lowest BCUT2D eigenvalue weighted by Crippen LogP contribution is -2.40. The van der Waals surface area contributed by atoms with Gasteiger partial charge in [-0.15, -0.1) is 24.0 Å². The largest absolute Gasteiger partial charge is 0.364 e. The third kappa shape index (κ3) is 4.47. The van der Waals surface area contributed by atoms with Crippen LogP contribution < -0.4 is 16.0 Å². The second-order valence-electron chi connectivity index (χ2n) is 5.33.